The van der Waals surface area contributed by atoms with E-state index in [1.54, 1.807) is 11.8 Å². The second kappa shape index (κ2) is 6.40. The standard InChI is InChI=1S/C15H25N5S/c1-3-4-7-21-15-17-13(16)8-14(18-15)20-9-11-5-6-19(2)12(11)10-20/h8,11-12H,3-7,9-10H2,1-2H3,(H2,16,17,18)/t11-,12+/m1/s1. The second-order valence-electron chi connectivity index (χ2n) is 6.14. The van der Waals surface area contributed by atoms with Crippen molar-refractivity contribution in [2.24, 2.45) is 5.92 Å². The van der Waals surface area contributed by atoms with Crippen LogP contribution in [-0.2, 0) is 0 Å². The summed E-state index contributed by atoms with van der Waals surface area (Å²) in [5.74, 6) is 3.43. The lowest BCUT2D eigenvalue weighted by atomic mass is 10.1. The lowest BCUT2D eigenvalue weighted by Crippen LogP contribution is -2.32. The van der Waals surface area contributed by atoms with Crippen molar-refractivity contribution in [3.63, 3.8) is 0 Å². The minimum atomic E-state index is 0.587. The Kier molecular flexibility index (Phi) is 4.54. The fourth-order valence-electron chi connectivity index (χ4n) is 3.32. The Morgan fingerprint density at radius 1 is 1.38 bits per heavy atom. The fraction of sp³-hybridized carbons (Fsp3) is 0.733. The molecule has 6 heteroatoms. The first-order valence-electron chi connectivity index (χ1n) is 7.90. The lowest BCUT2D eigenvalue weighted by molar-refractivity contribution is 0.310. The molecule has 0 unspecified atom stereocenters. The molecule has 0 radical (unpaired) electrons. The monoisotopic (exact) mass is 307 g/mol. The Hall–Kier alpha value is -1.01. The minimum Gasteiger partial charge on any atom is -0.383 e. The summed E-state index contributed by atoms with van der Waals surface area (Å²) in [4.78, 5) is 13.9. The maximum absolute atomic E-state index is 5.97. The third kappa shape index (κ3) is 3.26. The Balaban J connectivity index is 1.70. The Labute approximate surface area is 131 Å². The van der Waals surface area contributed by atoms with Crippen molar-refractivity contribution in [2.45, 2.75) is 37.4 Å². The average Bonchev–Trinajstić information content (AvgIpc) is 3.01. The van der Waals surface area contributed by atoms with E-state index in [4.69, 9.17) is 10.7 Å². The maximum atomic E-state index is 5.97. The zero-order valence-corrected chi connectivity index (χ0v) is 13.8. The van der Waals surface area contributed by atoms with Gasteiger partial charge in [-0.15, -0.1) is 0 Å². The summed E-state index contributed by atoms with van der Waals surface area (Å²) in [5, 5.41) is 0.823. The number of rotatable bonds is 5. The number of fused-ring (bicyclic) bond motifs is 1. The van der Waals surface area contributed by atoms with E-state index in [0.717, 1.165) is 35.7 Å². The quantitative estimate of drug-likeness (QED) is 0.511. The van der Waals surface area contributed by atoms with Crippen LogP contribution in [0.1, 0.15) is 26.2 Å². The van der Waals surface area contributed by atoms with Crippen molar-refractivity contribution in [1.82, 2.24) is 14.9 Å². The molecule has 2 saturated heterocycles. The van der Waals surface area contributed by atoms with Crippen LogP contribution < -0.4 is 10.6 Å². The van der Waals surface area contributed by atoms with Crippen LogP contribution in [0.15, 0.2) is 11.2 Å². The molecule has 2 aliphatic rings. The largest absolute Gasteiger partial charge is 0.383 e. The number of unbranched alkanes of at least 4 members (excludes halogenated alkanes) is 1. The molecule has 2 fully saturated rings. The first kappa shape index (κ1) is 14.9. The molecule has 1 aromatic rings. The van der Waals surface area contributed by atoms with E-state index in [1.165, 1.54) is 25.8 Å². The van der Waals surface area contributed by atoms with Crippen molar-refractivity contribution in [1.29, 1.82) is 0 Å². The van der Waals surface area contributed by atoms with Crippen LogP contribution in [0.2, 0.25) is 0 Å². The molecular formula is C15H25N5S. The Morgan fingerprint density at radius 3 is 3.00 bits per heavy atom. The van der Waals surface area contributed by atoms with Crippen molar-refractivity contribution < 1.29 is 0 Å². The molecule has 3 rings (SSSR count). The minimum absolute atomic E-state index is 0.587. The molecule has 1 aromatic heterocycles. The van der Waals surface area contributed by atoms with Crippen LogP contribution in [0.3, 0.4) is 0 Å². The van der Waals surface area contributed by atoms with E-state index in [0.29, 0.717) is 11.9 Å². The Morgan fingerprint density at radius 2 is 2.24 bits per heavy atom. The van der Waals surface area contributed by atoms with Crippen molar-refractivity contribution in [3.8, 4) is 0 Å². The van der Waals surface area contributed by atoms with Gasteiger partial charge in [-0.25, -0.2) is 9.97 Å². The normalized spacial score (nSPS) is 25.5. The summed E-state index contributed by atoms with van der Waals surface area (Å²) in [6.07, 6.45) is 3.69. The first-order chi connectivity index (χ1) is 10.2. The summed E-state index contributed by atoms with van der Waals surface area (Å²) in [6, 6.07) is 2.60. The van der Waals surface area contributed by atoms with Crippen molar-refractivity contribution in [2.75, 3.05) is 43.1 Å². The number of thioether (sulfide) groups is 1. The summed E-state index contributed by atoms with van der Waals surface area (Å²) in [5.41, 5.74) is 5.97. The molecule has 5 nitrogen and oxygen atoms in total. The van der Waals surface area contributed by atoms with E-state index in [1.807, 2.05) is 6.07 Å². The van der Waals surface area contributed by atoms with E-state index >= 15 is 0 Å². The molecule has 2 N–H and O–H groups in total. The van der Waals surface area contributed by atoms with Gasteiger partial charge in [-0.05, 0) is 32.4 Å². The number of likely N-dealkylation sites (N-methyl/N-ethyl adjacent to an activating group) is 1. The van der Waals surface area contributed by atoms with Gasteiger partial charge in [0, 0.05) is 31.0 Å². The van der Waals surface area contributed by atoms with E-state index < -0.39 is 0 Å². The predicted octanol–water partition coefficient (Wildman–Crippen LogP) is 2.09. The molecular weight excluding hydrogens is 282 g/mol. The molecule has 116 valence electrons. The zero-order valence-electron chi connectivity index (χ0n) is 13.0. The SMILES string of the molecule is CCCCSc1nc(N)cc(N2C[C@H]3CCN(C)[C@H]3C2)n1. The van der Waals surface area contributed by atoms with Crippen LogP contribution >= 0.6 is 11.8 Å². The summed E-state index contributed by atoms with van der Waals surface area (Å²) in [6.45, 7) is 5.60. The molecule has 21 heavy (non-hydrogen) atoms. The lowest BCUT2D eigenvalue weighted by Gasteiger charge is -2.21. The third-order valence-corrected chi connectivity index (χ3v) is 5.52. The molecule has 0 bridgehead atoms. The number of nitrogens with zero attached hydrogens (tertiary/aromatic N) is 4. The molecule has 0 spiro atoms. The van der Waals surface area contributed by atoms with Gasteiger partial charge in [-0.1, -0.05) is 25.1 Å². The molecule has 2 aliphatic heterocycles. The van der Waals surface area contributed by atoms with Crippen molar-refractivity contribution in [3.05, 3.63) is 6.07 Å². The number of nitrogen functional groups attached to an aromatic ring is 1. The number of nitrogens with two attached hydrogens (primary N) is 1. The van der Waals surface area contributed by atoms with E-state index in [2.05, 4.69) is 28.8 Å². The van der Waals surface area contributed by atoms with Gasteiger partial charge in [0.15, 0.2) is 5.16 Å². The molecule has 0 saturated carbocycles. The smallest absolute Gasteiger partial charge is 0.191 e. The number of aromatic nitrogens is 2. The third-order valence-electron chi connectivity index (χ3n) is 4.59. The van der Waals surface area contributed by atoms with Gasteiger partial charge in [0.25, 0.3) is 0 Å². The average molecular weight is 307 g/mol. The highest BCUT2D eigenvalue weighted by atomic mass is 32.2. The van der Waals surface area contributed by atoms with Gasteiger partial charge in [-0.3, -0.25) is 0 Å². The molecule has 2 atom stereocenters. The van der Waals surface area contributed by atoms with Gasteiger partial charge in [0.2, 0.25) is 0 Å². The van der Waals surface area contributed by atoms with E-state index in [9.17, 15) is 0 Å². The Bertz CT molecular complexity index is 495. The highest BCUT2D eigenvalue weighted by Crippen LogP contribution is 2.33. The van der Waals surface area contributed by atoms with Gasteiger partial charge >= 0.3 is 0 Å². The molecule has 0 amide bonds. The summed E-state index contributed by atoms with van der Waals surface area (Å²) >= 11 is 1.71. The van der Waals surface area contributed by atoms with Gasteiger partial charge < -0.3 is 15.5 Å². The summed E-state index contributed by atoms with van der Waals surface area (Å²) in [7, 11) is 2.23. The van der Waals surface area contributed by atoms with Crippen molar-refractivity contribution >= 4 is 23.4 Å². The molecule has 0 aliphatic carbocycles. The van der Waals surface area contributed by atoms with Crippen LogP contribution in [0.25, 0.3) is 0 Å². The van der Waals surface area contributed by atoms with Crippen LogP contribution in [0.5, 0.6) is 0 Å². The number of hydrogen-bond acceptors (Lipinski definition) is 6. The fourth-order valence-corrected chi connectivity index (χ4v) is 4.27. The molecule has 0 aromatic carbocycles. The summed E-state index contributed by atoms with van der Waals surface area (Å²) < 4.78 is 0. The first-order valence-corrected chi connectivity index (χ1v) is 8.88. The predicted molar refractivity (Wildman–Crippen MR) is 88.8 cm³/mol. The zero-order chi connectivity index (χ0) is 14.8. The van der Waals surface area contributed by atoms with Crippen LogP contribution in [-0.4, -0.2) is 53.3 Å². The van der Waals surface area contributed by atoms with Gasteiger partial charge in [-0.2, -0.15) is 0 Å². The number of anilines is 2. The maximum Gasteiger partial charge on any atom is 0.191 e. The van der Waals surface area contributed by atoms with Gasteiger partial charge in [0.1, 0.15) is 11.6 Å². The second-order valence-corrected chi connectivity index (χ2v) is 7.20. The topological polar surface area (TPSA) is 58.3 Å². The molecule has 3 heterocycles. The number of hydrogen-bond donors (Lipinski definition) is 1. The van der Waals surface area contributed by atoms with Crippen LogP contribution in [0.4, 0.5) is 11.6 Å². The van der Waals surface area contributed by atoms with Gasteiger partial charge in [0.05, 0.1) is 0 Å². The van der Waals surface area contributed by atoms with E-state index in [-0.39, 0.29) is 0 Å². The number of likely N-dealkylation sites (tertiary alicyclic amines) is 1. The highest BCUT2D eigenvalue weighted by Gasteiger charge is 2.40. The highest BCUT2D eigenvalue weighted by molar-refractivity contribution is 7.99. The van der Waals surface area contributed by atoms with Crippen LogP contribution in [0, 0.1) is 5.92 Å².